The zero-order valence-electron chi connectivity index (χ0n) is 14.2. The summed E-state index contributed by atoms with van der Waals surface area (Å²) >= 11 is 1.35. The first-order valence-corrected chi connectivity index (χ1v) is 9.37. The van der Waals surface area contributed by atoms with Gasteiger partial charge in [-0.25, -0.2) is 0 Å². The van der Waals surface area contributed by atoms with Crippen LogP contribution in [0.1, 0.15) is 55.6 Å². The van der Waals surface area contributed by atoms with Crippen molar-refractivity contribution in [2.24, 2.45) is 11.8 Å². The second-order valence-corrected chi connectivity index (χ2v) is 7.45. The Hall–Kier alpha value is -1.69. The van der Waals surface area contributed by atoms with Gasteiger partial charge in [0.25, 0.3) is 5.91 Å². The van der Waals surface area contributed by atoms with Gasteiger partial charge >= 0.3 is 5.97 Å². The summed E-state index contributed by atoms with van der Waals surface area (Å²) in [6, 6.07) is 3.69. The SMILES string of the molecule is C[C@@H]1[C@@H](C)CCC[C@H]1NC(=O)COC(=O)CCC(=O)c1cccs1. The lowest BCUT2D eigenvalue weighted by Gasteiger charge is -2.34. The molecular formula is C18H25NO4S. The second-order valence-electron chi connectivity index (χ2n) is 6.50. The first kappa shape index (κ1) is 18.6. The molecule has 1 heterocycles. The predicted molar refractivity (Wildman–Crippen MR) is 93.0 cm³/mol. The van der Waals surface area contributed by atoms with Crippen LogP contribution in [0.5, 0.6) is 0 Å². The van der Waals surface area contributed by atoms with Crippen molar-refractivity contribution < 1.29 is 19.1 Å². The molecule has 0 bridgehead atoms. The Kier molecular flexibility index (Phi) is 6.97. The summed E-state index contributed by atoms with van der Waals surface area (Å²) in [4.78, 5) is 36.1. The van der Waals surface area contributed by atoms with E-state index in [1.165, 1.54) is 17.8 Å². The summed E-state index contributed by atoms with van der Waals surface area (Å²) in [7, 11) is 0. The average molecular weight is 351 g/mol. The van der Waals surface area contributed by atoms with E-state index in [2.05, 4.69) is 19.2 Å². The molecule has 6 heteroatoms. The van der Waals surface area contributed by atoms with Gasteiger partial charge in [-0.05, 0) is 29.7 Å². The highest BCUT2D eigenvalue weighted by Gasteiger charge is 2.28. The third kappa shape index (κ3) is 5.44. The van der Waals surface area contributed by atoms with Gasteiger partial charge in [-0.2, -0.15) is 0 Å². The Bertz CT molecular complexity index is 570. The molecule has 1 saturated carbocycles. The Balaban J connectivity index is 1.66. The predicted octanol–water partition coefficient (Wildman–Crippen LogP) is 3.20. The Labute approximate surface area is 146 Å². The number of rotatable bonds is 7. The molecule has 0 spiro atoms. The zero-order valence-corrected chi connectivity index (χ0v) is 15.1. The van der Waals surface area contributed by atoms with Crippen LogP contribution >= 0.6 is 11.3 Å². The molecule has 0 aromatic carbocycles. The number of ketones is 1. The fraction of sp³-hybridized carbons (Fsp3) is 0.611. The number of carbonyl (C=O) groups is 3. The fourth-order valence-corrected chi connectivity index (χ4v) is 3.72. The molecule has 5 nitrogen and oxygen atoms in total. The number of ether oxygens (including phenoxy) is 1. The van der Waals surface area contributed by atoms with Crippen molar-refractivity contribution in [2.75, 3.05) is 6.61 Å². The number of Topliss-reactive ketones (excluding diaryl/α,β-unsaturated/α-hetero) is 1. The van der Waals surface area contributed by atoms with Crippen LogP contribution in [0.15, 0.2) is 17.5 Å². The molecule has 0 saturated heterocycles. The van der Waals surface area contributed by atoms with Crippen LogP contribution < -0.4 is 5.32 Å². The monoisotopic (exact) mass is 351 g/mol. The van der Waals surface area contributed by atoms with Crippen molar-refractivity contribution in [2.45, 2.75) is 52.0 Å². The van der Waals surface area contributed by atoms with E-state index in [0.717, 1.165) is 12.8 Å². The van der Waals surface area contributed by atoms with Crippen LogP contribution in [0.25, 0.3) is 0 Å². The maximum atomic E-state index is 11.9. The highest BCUT2D eigenvalue weighted by molar-refractivity contribution is 7.12. The summed E-state index contributed by atoms with van der Waals surface area (Å²) in [5.74, 6) is 0.173. The molecule has 0 unspecified atom stereocenters. The molecule has 1 aliphatic carbocycles. The molecule has 2 rings (SSSR count). The van der Waals surface area contributed by atoms with Crippen molar-refractivity contribution in [3.63, 3.8) is 0 Å². The maximum absolute atomic E-state index is 11.9. The number of carbonyl (C=O) groups excluding carboxylic acids is 3. The molecule has 132 valence electrons. The number of esters is 1. The number of thiophene rings is 1. The van der Waals surface area contributed by atoms with Gasteiger partial charge in [0.15, 0.2) is 12.4 Å². The molecular weight excluding hydrogens is 326 g/mol. The molecule has 3 atom stereocenters. The molecule has 0 aliphatic heterocycles. The minimum atomic E-state index is -0.514. The summed E-state index contributed by atoms with van der Waals surface area (Å²) in [5.41, 5.74) is 0. The largest absolute Gasteiger partial charge is 0.456 e. The van der Waals surface area contributed by atoms with Crippen LogP contribution in [-0.4, -0.2) is 30.3 Å². The van der Waals surface area contributed by atoms with E-state index in [9.17, 15) is 14.4 Å². The van der Waals surface area contributed by atoms with Crippen LogP contribution in [0.4, 0.5) is 0 Å². The van der Waals surface area contributed by atoms with E-state index < -0.39 is 5.97 Å². The number of hydrogen-bond donors (Lipinski definition) is 1. The molecule has 1 aromatic rings. The molecule has 24 heavy (non-hydrogen) atoms. The van der Waals surface area contributed by atoms with E-state index in [1.807, 2.05) is 5.38 Å². The van der Waals surface area contributed by atoms with Gasteiger partial charge in [0.1, 0.15) is 0 Å². The van der Waals surface area contributed by atoms with Crippen molar-refractivity contribution in [3.8, 4) is 0 Å². The smallest absolute Gasteiger partial charge is 0.306 e. The third-order valence-electron chi connectivity index (χ3n) is 4.77. The van der Waals surface area contributed by atoms with Gasteiger partial charge < -0.3 is 10.1 Å². The molecule has 1 N–H and O–H groups in total. The Morgan fingerprint density at radius 3 is 2.75 bits per heavy atom. The number of nitrogens with one attached hydrogen (secondary N) is 1. The summed E-state index contributed by atoms with van der Waals surface area (Å²) in [5, 5.41) is 4.78. The number of hydrogen-bond acceptors (Lipinski definition) is 5. The third-order valence-corrected chi connectivity index (χ3v) is 5.68. The van der Waals surface area contributed by atoms with Crippen LogP contribution in [0, 0.1) is 11.8 Å². The lowest BCUT2D eigenvalue weighted by atomic mass is 9.78. The summed E-state index contributed by atoms with van der Waals surface area (Å²) in [6.45, 7) is 4.08. The van der Waals surface area contributed by atoms with E-state index in [0.29, 0.717) is 16.7 Å². The van der Waals surface area contributed by atoms with Crippen molar-refractivity contribution >= 4 is 29.0 Å². The zero-order chi connectivity index (χ0) is 17.5. The van der Waals surface area contributed by atoms with Crippen molar-refractivity contribution in [1.82, 2.24) is 5.32 Å². The van der Waals surface area contributed by atoms with Crippen LogP contribution in [0.2, 0.25) is 0 Å². The highest BCUT2D eigenvalue weighted by Crippen LogP contribution is 2.29. The summed E-state index contributed by atoms with van der Waals surface area (Å²) < 4.78 is 4.98. The highest BCUT2D eigenvalue weighted by atomic mass is 32.1. The minimum Gasteiger partial charge on any atom is -0.456 e. The quantitative estimate of drug-likeness (QED) is 0.605. The van der Waals surface area contributed by atoms with Gasteiger partial charge in [-0.1, -0.05) is 32.8 Å². The molecule has 1 aliphatic rings. The molecule has 1 amide bonds. The van der Waals surface area contributed by atoms with Crippen LogP contribution in [-0.2, 0) is 14.3 Å². The lowest BCUT2D eigenvalue weighted by molar-refractivity contribution is -0.148. The van der Waals surface area contributed by atoms with E-state index >= 15 is 0 Å². The summed E-state index contributed by atoms with van der Waals surface area (Å²) in [6.07, 6.45) is 3.39. The lowest BCUT2D eigenvalue weighted by Crippen LogP contribution is -2.45. The van der Waals surface area contributed by atoms with Gasteiger partial charge in [0.2, 0.25) is 0 Å². The average Bonchev–Trinajstić information content (AvgIpc) is 3.09. The van der Waals surface area contributed by atoms with Gasteiger partial charge in [-0.15, -0.1) is 11.3 Å². The number of amides is 1. The molecule has 1 aromatic heterocycles. The van der Waals surface area contributed by atoms with Gasteiger partial charge in [0.05, 0.1) is 11.3 Å². The van der Waals surface area contributed by atoms with Crippen molar-refractivity contribution in [3.05, 3.63) is 22.4 Å². The molecule has 1 fully saturated rings. The maximum Gasteiger partial charge on any atom is 0.306 e. The van der Waals surface area contributed by atoms with Crippen molar-refractivity contribution in [1.29, 1.82) is 0 Å². The van der Waals surface area contributed by atoms with Gasteiger partial charge in [0, 0.05) is 12.5 Å². The topological polar surface area (TPSA) is 72.5 Å². The Morgan fingerprint density at radius 1 is 1.25 bits per heavy atom. The van der Waals surface area contributed by atoms with E-state index in [1.54, 1.807) is 12.1 Å². The minimum absolute atomic E-state index is 0.000872. The van der Waals surface area contributed by atoms with Gasteiger partial charge in [-0.3, -0.25) is 14.4 Å². The molecule has 0 radical (unpaired) electrons. The first-order chi connectivity index (χ1) is 11.5. The normalized spacial score (nSPS) is 23.5. The first-order valence-electron chi connectivity index (χ1n) is 8.49. The van der Waals surface area contributed by atoms with E-state index in [-0.39, 0.29) is 37.2 Å². The van der Waals surface area contributed by atoms with E-state index in [4.69, 9.17) is 4.74 Å². The fourth-order valence-electron chi connectivity index (χ4n) is 3.03. The Morgan fingerprint density at radius 2 is 2.04 bits per heavy atom. The van der Waals surface area contributed by atoms with Crippen LogP contribution in [0.3, 0.4) is 0 Å². The standard InChI is InChI=1S/C18H25NO4S/c1-12-5-3-6-14(13(12)2)19-17(21)11-23-18(22)9-8-15(20)16-7-4-10-24-16/h4,7,10,12-14H,3,5-6,8-9,11H2,1-2H3,(H,19,21)/t12-,13+,14+/m0/s1. The second kappa shape index (κ2) is 8.97.